The number of aromatic nitrogens is 2. The van der Waals surface area contributed by atoms with Gasteiger partial charge >= 0.3 is 11.8 Å². The van der Waals surface area contributed by atoms with Gasteiger partial charge in [-0.2, -0.15) is 0 Å². The number of anilines is 1. The van der Waals surface area contributed by atoms with Crippen molar-refractivity contribution in [1.82, 2.24) is 9.55 Å². The Bertz CT molecular complexity index is 743. The van der Waals surface area contributed by atoms with E-state index >= 15 is 0 Å². The van der Waals surface area contributed by atoms with Gasteiger partial charge in [0.25, 0.3) is 5.91 Å². The summed E-state index contributed by atoms with van der Waals surface area (Å²) in [4.78, 5) is 36.0. The standard InChI is InChI=1S/C12H12N4O5/c1-6-10(12(18)19)7(5-13-6)14-11(17)8-3-4-9(15(8)2)16(20)21/h3-5,13H,1-2H3,(H,14,17)(H,18,19). The second-order valence-electron chi connectivity index (χ2n) is 4.35. The summed E-state index contributed by atoms with van der Waals surface area (Å²) in [5.41, 5.74) is 0.508. The van der Waals surface area contributed by atoms with Gasteiger partial charge in [0, 0.05) is 18.0 Å². The molecule has 2 heterocycles. The summed E-state index contributed by atoms with van der Waals surface area (Å²) in [5.74, 6) is -2.04. The second-order valence-corrected chi connectivity index (χ2v) is 4.35. The first kappa shape index (κ1) is 14.3. The van der Waals surface area contributed by atoms with E-state index in [9.17, 15) is 19.7 Å². The first-order chi connectivity index (χ1) is 9.82. The van der Waals surface area contributed by atoms with E-state index in [1.807, 2.05) is 0 Å². The molecule has 2 rings (SSSR count). The Morgan fingerprint density at radius 2 is 2.10 bits per heavy atom. The molecule has 0 unspecified atom stereocenters. The lowest BCUT2D eigenvalue weighted by atomic mass is 10.2. The van der Waals surface area contributed by atoms with Crippen LogP contribution in [0, 0.1) is 17.0 Å². The van der Waals surface area contributed by atoms with Crippen LogP contribution in [0.2, 0.25) is 0 Å². The van der Waals surface area contributed by atoms with Crippen molar-refractivity contribution in [1.29, 1.82) is 0 Å². The third kappa shape index (κ3) is 2.48. The number of aromatic carboxylic acids is 1. The summed E-state index contributed by atoms with van der Waals surface area (Å²) in [6.07, 6.45) is 1.36. The number of nitrogens with one attached hydrogen (secondary N) is 2. The maximum absolute atomic E-state index is 12.1. The van der Waals surface area contributed by atoms with E-state index in [-0.39, 0.29) is 22.8 Å². The van der Waals surface area contributed by atoms with E-state index in [1.54, 1.807) is 6.92 Å². The topological polar surface area (TPSA) is 130 Å². The molecule has 0 saturated carbocycles. The number of rotatable bonds is 4. The number of aryl methyl sites for hydroxylation is 1. The zero-order chi connectivity index (χ0) is 15.7. The SMILES string of the molecule is Cc1[nH]cc(NC(=O)c2ccc([N+](=O)[O-])n2C)c1C(=O)O. The summed E-state index contributed by atoms with van der Waals surface area (Å²) >= 11 is 0. The molecule has 2 aromatic heterocycles. The number of nitrogens with zero attached hydrogens (tertiary/aromatic N) is 2. The van der Waals surface area contributed by atoms with Gasteiger partial charge in [-0.15, -0.1) is 0 Å². The monoisotopic (exact) mass is 292 g/mol. The quantitative estimate of drug-likeness (QED) is 0.581. The number of carboxylic acid groups (broad SMARTS) is 1. The van der Waals surface area contributed by atoms with Gasteiger partial charge in [-0.25, -0.2) is 9.36 Å². The lowest BCUT2D eigenvalue weighted by molar-refractivity contribution is -0.391. The minimum atomic E-state index is -1.18. The molecule has 0 aliphatic rings. The number of nitro groups is 1. The number of aromatic amines is 1. The van der Waals surface area contributed by atoms with Gasteiger partial charge in [0.05, 0.1) is 12.7 Å². The molecule has 3 N–H and O–H groups in total. The van der Waals surface area contributed by atoms with E-state index in [0.29, 0.717) is 5.69 Å². The predicted molar refractivity (Wildman–Crippen MR) is 72.5 cm³/mol. The van der Waals surface area contributed by atoms with Crippen LogP contribution in [0.15, 0.2) is 18.3 Å². The molecule has 0 fully saturated rings. The largest absolute Gasteiger partial charge is 0.478 e. The van der Waals surface area contributed by atoms with E-state index in [0.717, 1.165) is 4.57 Å². The zero-order valence-electron chi connectivity index (χ0n) is 11.2. The fourth-order valence-corrected chi connectivity index (χ4v) is 2.00. The fourth-order valence-electron chi connectivity index (χ4n) is 2.00. The zero-order valence-corrected chi connectivity index (χ0v) is 11.2. The number of hydrogen-bond donors (Lipinski definition) is 3. The van der Waals surface area contributed by atoms with E-state index in [1.165, 1.54) is 25.4 Å². The van der Waals surface area contributed by atoms with Crippen molar-refractivity contribution in [2.45, 2.75) is 6.92 Å². The lowest BCUT2D eigenvalue weighted by Gasteiger charge is -2.04. The van der Waals surface area contributed by atoms with Crippen molar-refractivity contribution < 1.29 is 19.6 Å². The first-order valence-corrected chi connectivity index (χ1v) is 5.85. The Morgan fingerprint density at radius 1 is 1.43 bits per heavy atom. The molecule has 9 heteroatoms. The van der Waals surface area contributed by atoms with Crippen molar-refractivity contribution >= 4 is 23.4 Å². The maximum Gasteiger partial charge on any atom is 0.339 e. The molecule has 2 aromatic rings. The molecule has 0 aromatic carbocycles. The highest BCUT2D eigenvalue weighted by Crippen LogP contribution is 2.21. The molecule has 21 heavy (non-hydrogen) atoms. The number of carboxylic acids is 1. The molecule has 0 saturated heterocycles. The highest BCUT2D eigenvalue weighted by atomic mass is 16.6. The lowest BCUT2D eigenvalue weighted by Crippen LogP contribution is -2.17. The average molecular weight is 292 g/mol. The minimum Gasteiger partial charge on any atom is -0.478 e. The van der Waals surface area contributed by atoms with Gasteiger partial charge in [-0.1, -0.05) is 0 Å². The van der Waals surface area contributed by atoms with Crippen molar-refractivity contribution in [3.63, 3.8) is 0 Å². The Balaban J connectivity index is 2.31. The summed E-state index contributed by atoms with van der Waals surface area (Å²) in [6.45, 7) is 1.56. The Hall–Kier alpha value is -3.10. The Labute approximate surface area is 118 Å². The minimum absolute atomic E-state index is 0.0490. The second kappa shape index (κ2) is 5.12. The summed E-state index contributed by atoms with van der Waals surface area (Å²) in [6, 6.07) is 2.50. The van der Waals surface area contributed by atoms with E-state index < -0.39 is 16.8 Å². The van der Waals surface area contributed by atoms with Gasteiger partial charge in [0.15, 0.2) is 5.69 Å². The number of amides is 1. The molecule has 0 aliphatic heterocycles. The molecule has 0 radical (unpaired) electrons. The van der Waals surface area contributed by atoms with Gasteiger partial charge in [-0.3, -0.25) is 4.79 Å². The predicted octanol–water partition coefficient (Wildman–Crippen LogP) is 1.52. The van der Waals surface area contributed by atoms with Crippen LogP contribution in [0.4, 0.5) is 11.5 Å². The van der Waals surface area contributed by atoms with Crippen molar-refractivity contribution in [2.75, 3.05) is 5.32 Å². The molecule has 9 nitrogen and oxygen atoms in total. The van der Waals surface area contributed by atoms with Gasteiger partial charge < -0.3 is 25.5 Å². The summed E-state index contributed by atoms with van der Waals surface area (Å²) < 4.78 is 1.12. The molecule has 0 bridgehead atoms. The van der Waals surface area contributed by atoms with Gasteiger partial charge in [0.2, 0.25) is 0 Å². The number of carbonyl (C=O) groups excluding carboxylic acids is 1. The average Bonchev–Trinajstić information content (AvgIpc) is 2.92. The van der Waals surface area contributed by atoms with Gasteiger partial charge in [-0.05, 0) is 17.9 Å². The maximum atomic E-state index is 12.1. The molecule has 0 spiro atoms. The molecule has 0 aliphatic carbocycles. The van der Waals surface area contributed by atoms with Crippen LogP contribution in [0.25, 0.3) is 0 Å². The number of hydrogen-bond acceptors (Lipinski definition) is 4. The van der Waals surface area contributed by atoms with Crippen LogP contribution in [-0.4, -0.2) is 31.5 Å². The normalized spacial score (nSPS) is 10.4. The Kier molecular flexibility index (Phi) is 3.49. The van der Waals surface area contributed by atoms with Crippen LogP contribution < -0.4 is 5.32 Å². The highest BCUT2D eigenvalue weighted by molar-refractivity contribution is 6.07. The third-order valence-corrected chi connectivity index (χ3v) is 3.05. The van der Waals surface area contributed by atoms with Crippen molar-refractivity contribution in [3.8, 4) is 0 Å². The third-order valence-electron chi connectivity index (χ3n) is 3.05. The highest BCUT2D eigenvalue weighted by Gasteiger charge is 2.23. The molecular weight excluding hydrogens is 280 g/mol. The summed E-state index contributed by atoms with van der Waals surface area (Å²) in [5, 5.41) is 22.2. The molecule has 1 amide bonds. The summed E-state index contributed by atoms with van der Waals surface area (Å²) in [7, 11) is 1.38. The van der Waals surface area contributed by atoms with Crippen LogP contribution in [0.1, 0.15) is 26.5 Å². The van der Waals surface area contributed by atoms with Crippen molar-refractivity contribution in [2.24, 2.45) is 7.05 Å². The smallest absolute Gasteiger partial charge is 0.339 e. The van der Waals surface area contributed by atoms with Crippen LogP contribution in [0.3, 0.4) is 0 Å². The van der Waals surface area contributed by atoms with Crippen LogP contribution in [0.5, 0.6) is 0 Å². The van der Waals surface area contributed by atoms with Crippen LogP contribution in [-0.2, 0) is 7.05 Å². The van der Waals surface area contributed by atoms with Gasteiger partial charge in [0.1, 0.15) is 5.56 Å². The first-order valence-electron chi connectivity index (χ1n) is 5.85. The molecule has 110 valence electrons. The Morgan fingerprint density at radius 3 is 2.62 bits per heavy atom. The molecular formula is C12H12N4O5. The van der Waals surface area contributed by atoms with E-state index in [2.05, 4.69) is 10.3 Å². The number of carbonyl (C=O) groups is 2. The van der Waals surface area contributed by atoms with Crippen molar-refractivity contribution in [3.05, 3.63) is 45.4 Å². The molecule has 0 atom stereocenters. The van der Waals surface area contributed by atoms with E-state index in [4.69, 9.17) is 5.11 Å². The van der Waals surface area contributed by atoms with Crippen LogP contribution >= 0.6 is 0 Å². The fraction of sp³-hybridized carbons (Fsp3) is 0.167. The number of H-pyrrole nitrogens is 1.